The highest BCUT2D eigenvalue weighted by atomic mass is 79.9. The Morgan fingerprint density at radius 1 is 0.905 bits per heavy atom. The van der Waals surface area contributed by atoms with Gasteiger partial charge in [-0.15, -0.1) is 0 Å². The highest BCUT2D eigenvalue weighted by Crippen LogP contribution is 2.47. The number of hydrogen-bond donors (Lipinski definition) is 0. The van der Waals surface area contributed by atoms with Crippen LogP contribution in [0.5, 0.6) is 0 Å². The Morgan fingerprint density at radius 3 is 1.86 bits per heavy atom. The van der Waals surface area contributed by atoms with Crippen molar-refractivity contribution in [2.45, 2.75) is 12.6 Å². The monoisotopic (exact) mass is 356 g/mol. The maximum atomic E-state index is 3.73. The molecule has 0 heterocycles. The molecule has 21 heavy (non-hydrogen) atoms. The normalized spacial score (nSPS) is 18.8. The van der Waals surface area contributed by atoms with Crippen LogP contribution < -0.4 is 10.6 Å². The van der Waals surface area contributed by atoms with E-state index in [9.17, 15) is 0 Å². The molecule has 0 aromatic heterocycles. The van der Waals surface area contributed by atoms with Gasteiger partial charge in [-0.25, -0.2) is 0 Å². The highest BCUT2D eigenvalue weighted by molar-refractivity contribution is 9.11. The minimum absolute atomic E-state index is 0.372. The molecule has 0 nitrogen and oxygen atoms in total. The first-order valence-corrected chi connectivity index (χ1v) is 9.41. The minimum Gasteiger partial charge on any atom is -0.0758 e. The molecule has 1 aliphatic rings. The molecule has 106 valence electrons. The van der Waals surface area contributed by atoms with Gasteiger partial charge in [0.25, 0.3) is 0 Å². The van der Waals surface area contributed by atoms with Crippen LogP contribution in [0.3, 0.4) is 0 Å². The van der Waals surface area contributed by atoms with Crippen LogP contribution in [0.1, 0.15) is 6.92 Å². The molecular weight excluding hydrogens is 339 g/mol. The van der Waals surface area contributed by atoms with Gasteiger partial charge in [-0.3, -0.25) is 0 Å². The lowest BCUT2D eigenvalue weighted by Gasteiger charge is -2.29. The quantitative estimate of drug-likeness (QED) is 0.678. The topological polar surface area (TPSA) is 0 Å². The third-order valence-electron chi connectivity index (χ3n) is 3.89. The summed E-state index contributed by atoms with van der Waals surface area (Å²) >= 11 is 3.73. The van der Waals surface area contributed by atoms with Crippen LogP contribution in [0.2, 0.25) is 0 Å². The first kappa shape index (κ1) is 14.8. The van der Waals surface area contributed by atoms with Crippen molar-refractivity contribution in [1.29, 1.82) is 0 Å². The van der Waals surface area contributed by atoms with E-state index in [1.165, 1.54) is 15.1 Å². The van der Waals surface area contributed by atoms with Crippen molar-refractivity contribution in [3.05, 3.63) is 83.4 Å². The summed E-state index contributed by atoms with van der Waals surface area (Å²) < 4.78 is 1.30. The highest BCUT2D eigenvalue weighted by Gasteiger charge is 2.29. The third kappa shape index (κ3) is 3.20. The van der Waals surface area contributed by atoms with Crippen LogP contribution >= 0.6 is 23.9 Å². The predicted octanol–water partition coefficient (Wildman–Crippen LogP) is 4.97. The summed E-state index contributed by atoms with van der Waals surface area (Å²) in [6.07, 6.45) is 6.65. The maximum absolute atomic E-state index is 3.73. The van der Waals surface area contributed by atoms with Crippen molar-refractivity contribution in [2.24, 2.45) is 5.92 Å². The molecule has 0 amide bonds. The zero-order valence-corrected chi connectivity index (χ0v) is 14.5. The molecule has 2 atom stereocenters. The first-order chi connectivity index (χ1) is 10.3. The van der Waals surface area contributed by atoms with E-state index in [2.05, 4.69) is 102 Å². The Kier molecular flexibility index (Phi) is 4.73. The van der Waals surface area contributed by atoms with Gasteiger partial charge in [0, 0.05) is 10.4 Å². The lowest BCUT2D eigenvalue weighted by molar-refractivity contribution is 0.790. The average Bonchev–Trinajstić information content (AvgIpc) is 2.96. The van der Waals surface area contributed by atoms with Gasteiger partial charge in [0.2, 0.25) is 0 Å². The van der Waals surface area contributed by atoms with Gasteiger partial charge in [-0.05, 0) is 24.2 Å². The van der Waals surface area contributed by atoms with Crippen LogP contribution in [0.4, 0.5) is 0 Å². The summed E-state index contributed by atoms with van der Waals surface area (Å²) in [7, 11) is -0.372. The van der Waals surface area contributed by atoms with E-state index in [0.29, 0.717) is 11.6 Å². The Bertz CT molecular complexity index is 606. The Hall–Kier alpha value is -1.17. The third-order valence-corrected chi connectivity index (χ3v) is 7.53. The van der Waals surface area contributed by atoms with Crippen LogP contribution in [-0.4, -0.2) is 5.66 Å². The fourth-order valence-corrected chi connectivity index (χ4v) is 6.53. The van der Waals surface area contributed by atoms with E-state index in [0.717, 1.165) is 0 Å². The molecule has 2 aromatic rings. The van der Waals surface area contributed by atoms with Gasteiger partial charge in [0.05, 0.1) is 0 Å². The van der Waals surface area contributed by atoms with E-state index in [-0.39, 0.29) is 7.92 Å². The van der Waals surface area contributed by atoms with E-state index in [4.69, 9.17) is 0 Å². The predicted molar refractivity (Wildman–Crippen MR) is 98.2 cm³/mol. The Labute approximate surface area is 136 Å². The number of rotatable bonds is 4. The summed E-state index contributed by atoms with van der Waals surface area (Å²) in [5.41, 5.74) is 0.564. The molecule has 0 N–H and O–H groups in total. The lowest BCUT2D eigenvalue weighted by atomic mass is 10.1. The van der Waals surface area contributed by atoms with Crippen molar-refractivity contribution in [3.8, 4) is 0 Å². The molecule has 0 aliphatic heterocycles. The molecule has 0 radical (unpaired) electrons. The molecule has 1 unspecified atom stereocenters. The largest absolute Gasteiger partial charge is 0.0758 e. The van der Waals surface area contributed by atoms with Crippen molar-refractivity contribution in [1.82, 2.24) is 0 Å². The van der Waals surface area contributed by atoms with E-state index in [1.807, 2.05) is 0 Å². The van der Waals surface area contributed by atoms with E-state index >= 15 is 0 Å². The Morgan fingerprint density at radius 2 is 1.43 bits per heavy atom. The second-order valence-corrected chi connectivity index (χ2v) is 8.75. The standard InChI is InChI=1S/C19H18BrP/c1-15(18-13-8-14-19(18)20)21(16-9-4-2-5-10-16)17-11-6-3-7-12-17/h2-15,18H,1H3/t15-,18?/m1/s1. The van der Waals surface area contributed by atoms with E-state index < -0.39 is 0 Å². The summed E-state index contributed by atoms with van der Waals surface area (Å²) in [5, 5.41) is 2.90. The van der Waals surface area contributed by atoms with Gasteiger partial charge in [0.1, 0.15) is 0 Å². The van der Waals surface area contributed by atoms with Gasteiger partial charge in [0.15, 0.2) is 0 Å². The zero-order valence-electron chi connectivity index (χ0n) is 12.0. The molecule has 0 bridgehead atoms. The van der Waals surface area contributed by atoms with Crippen LogP contribution in [-0.2, 0) is 0 Å². The summed E-state index contributed by atoms with van der Waals surface area (Å²) in [5.74, 6) is 0.483. The van der Waals surface area contributed by atoms with Crippen LogP contribution in [0.25, 0.3) is 0 Å². The second kappa shape index (κ2) is 6.73. The van der Waals surface area contributed by atoms with Gasteiger partial charge in [-0.2, -0.15) is 0 Å². The van der Waals surface area contributed by atoms with Crippen molar-refractivity contribution >= 4 is 34.5 Å². The molecule has 2 aromatic carbocycles. The molecule has 1 aliphatic carbocycles. The lowest BCUT2D eigenvalue weighted by Crippen LogP contribution is -2.24. The maximum Gasteiger partial charge on any atom is 0.0158 e. The van der Waals surface area contributed by atoms with Crippen molar-refractivity contribution in [2.75, 3.05) is 0 Å². The second-order valence-electron chi connectivity index (χ2n) is 5.24. The minimum atomic E-state index is -0.372. The van der Waals surface area contributed by atoms with Gasteiger partial charge >= 0.3 is 0 Å². The summed E-state index contributed by atoms with van der Waals surface area (Å²) in [4.78, 5) is 0. The molecule has 2 heteroatoms. The molecule has 0 saturated carbocycles. The molecular formula is C19H18BrP. The number of benzene rings is 2. The van der Waals surface area contributed by atoms with Crippen molar-refractivity contribution < 1.29 is 0 Å². The molecule has 3 rings (SSSR count). The summed E-state index contributed by atoms with van der Waals surface area (Å²) in [6, 6.07) is 21.9. The first-order valence-electron chi connectivity index (χ1n) is 7.20. The van der Waals surface area contributed by atoms with Crippen LogP contribution in [0.15, 0.2) is 83.4 Å². The van der Waals surface area contributed by atoms with E-state index in [1.54, 1.807) is 0 Å². The molecule has 0 spiro atoms. The molecule has 0 fully saturated rings. The van der Waals surface area contributed by atoms with Crippen LogP contribution in [0, 0.1) is 5.92 Å². The van der Waals surface area contributed by atoms with Gasteiger partial charge < -0.3 is 0 Å². The van der Waals surface area contributed by atoms with Gasteiger partial charge in [-0.1, -0.05) is 102 Å². The summed E-state index contributed by atoms with van der Waals surface area (Å²) in [6.45, 7) is 2.38. The smallest absolute Gasteiger partial charge is 0.0158 e. The number of hydrogen-bond acceptors (Lipinski definition) is 0. The fourth-order valence-electron chi connectivity index (χ4n) is 2.82. The van der Waals surface area contributed by atoms with Crippen molar-refractivity contribution in [3.63, 3.8) is 0 Å². The Balaban J connectivity index is 2.01. The SMILES string of the molecule is C[C@H](C1C=CC=C1Br)P(c1ccccc1)c1ccccc1. The number of allylic oxidation sites excluding steroid dienone is 4. The number of halogens is 1. The fraction of sp³-hybridized carbons (Fsp3) is 0.158. The average molecular weight is 357 g/mol. The zero-order chi connectivity index (χ0) is 14.7. The molecule has 0 saturated heterocycles.